The second-order valence-corrected chi connectivity index (χ2v) is 6.84. The molecule has 0 saturated heterocycles. The van der Waals surface area contributed by atoms with Crippen molar-refractivity contribution in [3.05, 3.63) is 28.2 Å². The van der Waals surface area contributed by atoms with Crippen molar-refractivity contribution < 1.29 is 9.53 Å². The molecule has 6 heteroatoms. The van der Waals surface area contributed by atoms with E-state index in [4.69, 9.17) is 10.5 Å². The second kappa shape index (κ2) is 8.75. The molecule has 2 rings (SSSR count). The van der Waals surface area contributed by atoms with Gasteiger partial charge in [-0.2, -0.15) is 0 Å². The lowest BCUT2D eigenvalue weighted by Gasteiger charge is -2.26. The highest BCUT2D eigenvalue weighted by molar-refractivity contribution is 9.10. The Bertz CT molecular complexity index is 503. The van der Waals surface area contributed by atoms with Gasteiger partial charge in [-0.05, 0) is 57.7 Å². The van der Waals surface area contributed by atoms with Gasteiger partial charge < -0.3 is 15.8 Å². The largest absolute Gasteiger partial charge is 0.491 e. The summed E-state index contributed by atoms with van der Waals surface area (Å²) in [5.74, 6) is 0.653. The first-order chi connectivity index (χ1) is 9.94. The van der Waals surface area contributed by atoms with Crippen molar-refractivity contribution in [1.29, 1.82) is 0 Å². The number of nitrogens with two attached hydrogens (primary N) is 1. The van der Waals surface area contributed by atoms with Crippen molar-refractivity contribution >= 4 is 34.2 Å². The zero-order valence-corrected chi connectivity index (χ0v) is 15.4. The zero-order chi connectivity index (χ0) is 15.4. The van der Waals surface area contributed by atoms with Gasteiger partial charge in [0.1, 0.15) is 5.75 Å². The molecule has 0 bridgehead atoms. The van der Waals surface area contributed by atoms with Crippen LogP contribution in [0.3, 0.4) is 0 Å². The van der Waals surface area contributed by atoms with Crippen LogP contribution in [0.1, 0.15) is 49.9 Å². The average molecular weight is 392 g/mol. The predicted molar refractivity (Wildman–Crippen MR) is 94.9 cm³/mol. The smallest absolute Gasteiger partial charge is 0.251 e. The average Bonchev–Trinajstić information content (AvgIpc) is 2.40. The summed E-state index contributed by atoms with van der Waals surface area (Å²) in [4.78, 5) is 12.4. The molecule has 4 nitrogen and oxygen atoms in total. The first-order valence-corrected chi connectivity index (χ1v) is 8.27. The number of nitrogens with one attached hydrogen (secondary N) is 1. The molecule has 0 heterocycles. The van der Waals surface area contributed by atoms with Crippen LogP contribution in [0.2, 0.25) is 0 Å². The van der Waals surface area contributed by atoms with Gasteiger partial charge >= 0.3 is 0 Å². The number of ether oxygens (including phenoxy) is 1. The Hall–Kier alpha value is -0.780. The highest BCUT2D eigenvalue weighted by Crippen LogP contribution is 2.23. The molecule has 0 atom stereocenters. The summed E-state index contributed by atoms with van der Waals surface area (Å²) < 4.78 is 6.51. The van der Waals surface area contributed by atoms with Crippen LogP contribution < -0.4 is 15.8 Å². The maximum atomic E-state index is 12.4. The van der Waals surface area contributed by atoms with E-state index in [0.29, 0.717) is 11.3 Å². The number of rotatable bonds is 4. The number of benzene rings is 1. The van der Waals surface area contributed by atoms with Crippen LogP contribution in [0, 0.1) is 0 Å². The molecular formula is C16H24BrClN2O2. The number of amides is 1. The Morgan fingerprint density at radius 1 is 1.27 bits per heavy atom. The fourth-order valence-electron chi connectivity index (χ4n) is 2.57. The third kappa shape index (κ3) is 5.78. The fraction of sp³-hybridized carbons (Fsp3) is 0.562. The van der Waals surface area contributed by atoms with E-state index in [1.54, 1.807) is 6.07 Å². The summed E-state index contributed by atoms with van der Waals surface area (Å²) in [6, 6.07) is 5.99. The Balaban J connectivity index is 0.00000242. The van der Waals surface area contributed by atoms with Crippen LogP contribution in [-0.2, 0) is 0 Å². The van der Waals surface area contributed by atoms with Gasteiger partial charge in [0, 0.05) is 22.1 Å². The molecule has 0 aliphatic heterocycles. The lowest BCUT2D eigenvalue weighted by molar-refractivity contribution is 0.0925. The number of halogens is 2. The minimum Gasteiger partial charge on any atom is -0.491 e. The number of carbonyl (C=O) groups excluding carboxylic acids is 1. The normalized spacial score (nSPS) is 21.1. The highest BCUT2D eigenvalue weighted by Gasteiger charge is 2.21. The van der Waals surface area contributed by atoms with E-state index in [0.717, 1.165) is 30.2 Å². The Labute approximate surface area is 146 Å². The van der Waals surface area contributed by atoms with Crippen LogP contribution in [0.4, 0.5) is 0 Å². The standard InChI is InChI=1S/C16H23BrN2O2.ClH/c1-10(2)21-15-8-11(7-12(17)9-15)16(20)19-14-5-3-13(18)4-6-14;/h7-10,13-14H,3-6,18H2,1-2H3,(H,19,20);1H. The summed E-state index contributed by atoms with van der Waals surface area (Å²) >= 11 is 3.43. The molecule has 0 spiro atoms. The highest BCUT2D eigenvalue weighted by atomic mass is 79.9. The van der Waals surface area contributed by atoms with Gasteiger partial charge in [0.2, 0.25) is 0 Å². The van der Waals surface area contributed by atoms with Crippen molar-refractivity contribution in [3.8, 4) is 5.75 Å². The SMILES string of the molecule is CC(C)Oc1cc(Br)cc(C(=O)NC2CCC(N)CC2)c1.Cl. The summed E-state index contributed by atoms with van der Waals surface area (Å²) in [6.07, 6.45) is 3.94. The minimum atomic E-state index is -0.0506. The van der Waals surface area contributed by atoms with Crippen molar-refractivity contribution in [3.63, 3.8) is 0 Å². The van der Waals surface area contributed by atoms with Crippen molar-refractivity contribution in [2.75, 3.05) is 0 Å². The topological polar surface area (TPSA) is 64.3 Å². The molecule has 1 aliphatic carbocycles. The van der Waals surface area contributed by atoms with Crippen LogP contribution in [0.15, 0.2) is 22.7 Å². The third-order valence-electron chi connectivity index (χ3n) is 3.61. The Kier molecular flexibility index (Phi) is 7.66. The van der Waals surface area contributed by atoms with E-state index in [1.807, 2.05) is 26.0 Å². The Morgan fingerprint density at radius 3 is 2.50 bits per heavy atom. The van der Waals surface area contributed by atoms with Crippen LogP contribution in [0.25, 0.3) is 0 Å². The molecule has 1 aromatic carbocycles. The predicted octanol–water partition coefficient (Wildman–Crippen LogP) is 3.66. The minimum absolute atomic E-state index is 0. The molecule has 0 aromatic heterocycles. The van der Waals surface area contributed by atoms with Gasteiger partial charge in [0.05, 0.1) is 6.10 Å². The third-order valence-corrected chi connectivity index (χ3v) is 4.07. The van der Waals surface area contributed by atoms with Gasteiger partial charge in [-0.1, -0.05) is 15.9 Å². The summed E-state index contributed by atoms with van der Waals surface area (Å²) in [5, 5.41) is 3.09. The number of carbonyl (C=O) groups is 1. The van der Waals surface area contributed by atoms with Crippen molar-refractivity contribution in [2.24, 2.45) is 5.73 Å². The molecule has 1 aromatic rings. The molecular weight excluding hydrogens is 368 g/mol. The van der Waals surface area contributed by atoms with E-state index in [9.17, 15) is 4.79 Å². The lowest BCUT2D eigenvalue weighted by atomic mass is 9.91. The monoisotopic (exact) mass is 390 g/mol. The van der Waals surface area contributed by atoms with Crippen LogP contribution in [-0.4, -0.2) is 24.1 Å². The molecule has 1 aliphatic rings. The number of hydrogen-bond acceptors (Lipinski definition) is 3. The van der Waals surface area contributed by atoms with E-state index in [-0.39, 0.29) is 36.5 Å². The lowest BCUT2D eigenvalue weighted by Crippen LogP contribution is -2.40. The quantitative estimate of drug-likeness (QED) is 0.823. The second-order valence-electron chi connectivity index (χ2n) is 5.93. The van der Waals surface area contributed by atoms with Gasteiger partial charge in [0.15, 0.2) is 0 Å². The number of hydrogen-bond donors (Lipinski definition) is 2. The summed E-state index contributed by atoms with van der Waals surface area (Å²) in [7, 11) is 0. The van der Waals surface area contributed by atoms with E-state index in [2.05, 4.69) is 21.2 Å². The van der Waals surface area contributed by atoms with Crippen molar-refractivity contribution in [2.45, 2.75) is 57.7 Å². The maximum Gasteiger partial charge on any atom is 0.251 e. The fourth-order valence-corrected chi connectivity index (χ4v) is 3.04. The summed E-state index contributed by atoms with van der Waals surface area (Å²) in [5.41, 5.74) is 6.51. The van der Waals surface area contributed by atoms with Crippen LogP contribution >= 0.6 is 28.3 Å². The molecule has 3 N–H and O–H groups in total. The van der Waals surface area contributed by atoms with Gasteiger partial charge in [0.25, 0.3) is 5.91 Å². The first-order valence-electron chi connectivity index (χ1n) is 7.47. The van der Waals surface area contributed by atoms with Gasteiger partial charge in [-0.25, -0.2) is 0 Å². The van der Waals surface area contributed by atoms with Crippen molar-refractivity contribution in [1.82, 2.24) is 5.32 Å². The van der Waals surface area contributed by atoms with E-state index in [1.165, 1.54) is 0 Å². The molecule has 1 fully saturated rings. The van der Waals surface area contributed by atoms with Gasteiger partial charge in [-0.3, -0.25) is 4.79 Å². The molecule has 0 unspecified atom stereocenters. The molecule has 1 amide bonds. The zero-order valence-electron chi connectivity index (χ0n) is 13.0. The molecule has 1 saturated carbocycles. The first kappa shape index (κ1) is 19.3. The van der Waals surface area contributed by atoms with Crippen LogP contribution in [0.5, 0.6) is 5.75 Å². The molecule has 124 valence electrons. The van der Waals surface area contributed by atoms with E-state index >= 15 is 0 Å². The molecule has 0 radical (unpaired) electrons. The Morgan fingerprint density at radius 2 is 1.91 bits per heavy atom. The summed E-state index contributed by atoms with van der Waals surface area (Å²) in [6.45, 7) is 3.93. The van der Waals surface area contributed by atoms with E-state index < -0.39 is 0 Å². The maximum absolute atomic E-state index is 12.4. The van der Waals surface area contributed by atoms with Gasteiger partial charge in [-0.15, -0.1) is 12.4 Å². The molecule has 22 heavy (non-hydrogen) atoms.